The van der Waals surface area contributed by atoms with Crippen LogP contribution in [0.15, 0.2) is 59.0 Å². The summed E-state index contributed by atoms with van der Waals surface area (Å²) in [6, 6.07) is 7.23. The summed E-state index contributed by atoms with van der Waals surface area (Å²) < 4.78 is 22.6. The highest BCUT2D eigenvalue weighted by atomic mass is 35.5. The van der Waals surface area contributed by atoms with Gasteiger partial charge in [-0.3, -0.25) is 0 Å². The van der Waals surface area contributed by atoms with Gasteiger partial charge in [-0.1, -0.05) is 29.8 Å². The molecular weight excluding hydrogens is 620 g/mol. The van der Waals surface area contributed by atoms with E-state index in [1.54, 1.807) is 13.0 Å². The maximum Gasteiger partial charge on any atom is 0.336 e. The van der Waals surface area contributed by atoms with E-state index < -0.39 is 29.8 Å². The average Bonchev–Trinajstić information content (AvgIpc) is 3.94. The highest BCUT2D eigenvalue weighted by molar-refractivity contribution is 6.31. The molecule has 2 fully saturated rings. The average molecular weight is 663 g/mol. The van der Waals surface area contributed by atoms with Crippen molar-refractivity contribution in [3.05, 3.63) is 69.5 Å². The fourth-order valence-electron chi connectivity index (χ4n) is 5.33. The van der Waals surface area contributed by atoms with E-state index >= 15 is 0 Å². The molecule has 0 amide bonds. The smallest absolute Gasteiger partial charge is 0.336 e. The quantitative estimate of drug-likeness (QED) is 0.108. The molecule has 1 aliphatic heterocycles. The van der Waals surface area contributed by atoms with Crippen molar-refractivity contribution < 1.29 is 48.3 Å². The van der Waals surface area contributed by atoms with Gasteiger partial charge in [0.1, 0.15) is 0 Å². The Morgan fingerprint density at radius 3 is 2.07 bits per heavy atom. The molecule has 1 aromatic rings. The lowest BCUT2D eigenvalue weighted by atomic mass is 9.80. The Labute approximate surface area is 273 Å². The van der Waals surface area contributed by atoms with Crippen LogP contribution in [0, 0.1) is 17.8 Å². The number of carbonyl (C=O) groups is 4. The third-order valence-corrected chi connectivity index (χ3v) is 8.03. The molecule has 2 aliphatic carbocycles. The Morgan fingerprint density at radius 1 is 0.935 bits per heavy atom. The van der Waals surface area contributed by atoms with Gasteiger partial charge >= 0.3 is 23.9 Å². The molecule has 252 valence electrons. The van der Waals surface area contributed by atoms with Gasteiger partial charge in [0.25, 0.3) is 0 Å². The number of hydrogen-bond donors (Lipinski definition) is 4. The fraction of sp³-hybridized carbons (Fsp3) is 0.515. The number of hydrogen-bond acceptors (Lipinski definition) is 10. The van der Waals surface area contributed by atoms with Gasteiger partial charge in [0.15, 0.2) is 0 Å². The first-order valence-electron chi connectivity index (χ1n) is 15.4. The van der Waals surface area contributed by atoms with Crippen LogP contribution in [-0.4, -0.2) is 80.3 Å². The molecule has 12 nitrogen and oxygen atoms in total. The number of nitrogens with one attached hydrogen (secondary N) is 1. The van der Waals surface area contributed by atoms with Crippen molar-refractivity contribution in [2.45, 2.75) is 45.4 Å². The number of halogens is 1. The largest absolute Gasteiger partial charge is 0.478 e. The highest BCUT2D eigenvalue weighted by Gasteiger charge is 2.44. The van der Waals surface area contributed by atoms with Crippen LogP contribution < -0.4 is 11.1 Å². The summed E-state index contributed by atoms with van der Waals surface area (Å²) in [6.07, 6.45) is 5.95. The summed E-state index contributed by atoms with van der Waals surface area (Å²) in [4.78, 5) is 46.2. The number of esters is 2. The summed E-state index contributed by atoms with van der Waals surface area (Å²) >= 11 is 6.64. The minimum absolute atomic E-state index is 0.103. The van der Waals surface area contributed by atoms with Crippen molar-refractivity contribution in [3.8, 4) is 0 Å². The van der Waals surface area contributed by atoms with Crippen molar-refractivity contribution >= 4 is 35.5 Å². The van der Waals surface area contributed by atoms with Crippen LogP contribution in [0.3, 0.4) is 0 Å². The second-order valence-corrected chi connectivity index (χ2v) is 11.5. The Kier molecular flexibility index (Phi) is 14.7. The fourth-order valence-corrected chi connectivity index (χ4v) is 5.57. The number of carbonyl (C=O) groups excluding carboxylic acids is 2. The van der Waals surface area contributed by atoms with E-state index in [4.69, 9.17) is 46.5 Å². The molecular formula is C33H43ClN2O10. The van der Waals surface area contributed by atoms with E-state index in [1.807, 2.05) is 25.1 Å². The molecule has 3 aliphatic rings. The van der Waals surface area contributed by atoms with Gasteiger partial charge in [-0.05, 0) is 68.9 Å². The predicted octanol–water partition coefficient (Wildman–Crippen LogP) is 3.80. The zero-order chi connectivity index (χ0) is 33.6. The maximum absolute atomic E-state index is 13.7. The van der Waals surface area contributed by atoms with E-state index in [-0.39, 0.29) is 13.2 Å². The molecule has 0 unspecified atom stereocenters. The van der Waals surface area contributed by atoms with Crippen LogP contribution in [0.1, 0.15) is 51.0 Å². The van der Waals surface area contributed by atoms with Gasteiger partial charge in [-0.15, -0.1) is 0 Å². The predicted molar refractivity (Wildman–Crippen MR) is 169 cm³/mol. The van der Waals surface area contributed by atoms with E-state index in [0.29, 0.717) is 96.0 Å². The molecule has 1 aromatic carbocycles. The standard InChI is InChI=1S/C29H39ClN2O6.C4H4O4/c1-3-37-29(34)27-24(17-36-15-14-35-13-12-31)32-18(2)25(26(27)21-6-4-5-7-23(21)30)28(33)38-16-22(19-8-9-19)20-10-11-20;5-3(6)1-2-4(7)8/h4-7,19-20,22,26,32H,3,8-17,31H2,1-2H3;1-2H,(H,5,6)(H,7,8)/b;2-1+/t26-;/m1./s1. The van der Waals surface area contributed by atoms with Gasteiger partial charge < -0.3 is 40.2 Å². The molecule has 0 saturated heterocycles. The molecule has 1 heterocycles. The number of carboxylic acid groups (broad SMARTS) is 2. The minimum Gasteiger partial charge on any atom is -0.478 e. The van der Waals surface area contributed by atoms with Crippen molar-refractivity contribution in [1.82, 2.24) is 5.32 Å². The number of ether oxygens (including phenoxy) is 4. The van der Waals surface area contributed by atoms with E-state index in [9.17, 15) is 19.2 Å². The number of aliphatic carboxylic acids is 2. The summed E-state index contributed by atoms with van der Waals surface area (Å²) in [7, 11) is 0. The third kappa shape index (κ3) is 11.3. The minimum atomic E-state index is -1.26. The van der Waals surface area contributed by atoms with Crippen LogP contribution in [-0.2, 0) is 38.1 Å². The Bertz CT molecular complexity index is 1310. The first-order valence-corrected chi connectivity index (χ1v) is 15.8. The molecule has 0 bridgehead atoms. The van der Waals surface area contributed by atoms with Gasteiger partial charge in [0, 0.05) is 29.4 Å². The number of nitrogens with two attached hydrogens (primary N) is 1. The molecule has 1 atom stereocenters. The van der Waals surface area contributed by atoms with Gasteiger partial charge in [-0.25, -0.2) is 19.2 Å². The monoisotopic (exact) mass is 662 g/mol. The summed E-state index contributed by atoms with van der Waals surface area (Å²) in [5.41, 5.74) is 7.87. The molecule has 2 saturated carbocycles. The van der Waals surface area contributed by atoms with E-state index in [0.717, 1.165) is 0 Å². The lowest BCUT2D eigenvalue weighted by Crippen LogP contribution is -2.35. The van der Waals surface area contributed by atoms with Crippen LogP contribution in [0.4, 0.5) is 0 Å². The Morgan fingerprint density at radius 2 is 1.52 bits per heavy atom. The van der Waals surface area contributed by atoms with Crippen LogP contribution in [0.2, 0.25) is 5.02 Å². The zero-order valence-corrected chi connectivity index (χ0v) is 26.9. The zero-order valence-electron chi connectivity index (χ0n) is 26.2. The van der Waals surface area contributed by atoms with Crippen molar-refractivity contribution in [1.29, 1.82) is 0 Å². The summed E-state index contributed by atoms with van der Waals surface area (Å²) in [5.74, 6) is -2.52. The summed E-state index contributed by atoms with van der Waals surface area (Å²) in [6.45, 7) is 5.83. The van der Waals surface area contributed by atoms with Gasteiger partial charge in [0.2, 0.25) is 0 Å². The number of carboxylic acids is 2. The molecule has 0 aromatic heterocycles. The molecule has 0 spiro atoms. The Balaban J connectivity index is 0.000000637. The SMILES string of the molecule is CCOC(=O)C1=C(COCCOCCN)NC(C)=C(C(=O)OCC(C2CC2)C2CC2)[C@H]1c1ccccc1Cl.O=C(O)/C=C/C(=O)O. The van der Waals surface area contributed by atoms with Crippen LogP contribution in [0.5, 0.6) is 0 Å². The number of benzene rings is 1. The molecule has 13 heteroatoms. The number of allylic oxidation sites excluding steroid dienone is 1. The molecule has 5 N–H and O–H groups in total. The lowest BCUT2D eigenvalue weighted by Gasteiger charge is -2.32. The summed E-state index contributed by atoms with van der Waals surface area (Å²) in [5, 5.41) is 19.3. The number of rotatable bonds is 17. The maximum atomic E-state index is 13.7. The first-order chi connectivity index (χ1) is 22.1. The molecule has 0 radical (unpaired) electrons. The highest BCUT2D eigenvalue weighted by Crippen LogP contribution is 2.49. The van der Waals surface area contributed by atoms with Gasteiger partial charge in [0.05, 0.1) is 62.4 Å². The second kappa shape index (κ2) is 18.4. The lowest BCUT2D eigenvalue weighted by molar-refractivity contribution is -0.141. The normalized spacial score (nSPS) is 17.8. The van der Waals surface area contributed by atoms with Crippen molar-refractivity contribution in [2.24, 2.45) is 23.5 Å². The molecule has 46 heavy (non-hydrogen) atoms. The van der Waals surface area contributed by atoms with Crippen LogP contribution in [0.25, 0.3) is 0 Å². The molecule has 4 rings (SSSR count). The van der Waals surface area contributed by atoms with E-state index in [2.05, 4.69) is 5.32 Å². The van der Waals surface area contributed by atoms with Crippen molar-refractivity contribution in [2.75, 3.05) is 46.2 Å². The van der Waals surface area contributed by atoms with E-state index in [1.165, 1.54) is 25.7 Å². The van der Waals surface area contributed by atoms with Crippen molar-refractivity contribution in [3.63, 3.8) is 0 Å². The third-order valence-electron chi connectivity index (χ3n) is 7.69. The second-order valence-electron chi connectivity index (χ2n) is 11.1. The Hall–Kier alpha value is -3.71. The topological polar surface area (TPSA) is 184 Å². The first kappa shape index (κ1) is 36.8. The van der Waals surface area contributed by atoms with Crippen LogP contribution >= 0.6 is 11.6 Å². The number of dihydropyridines is 1. The van der Waals surface area contributed by atoms with Gasteiger partial charge in [-0.2, -0.15) is 0 Å².